The molecule has 0 saturated carbocycles. The van der Waals surface area contributed by atoms with Gasteiger partial charge in [0.05, 0.1) is 11.9 Å². The van der Waals surface area contributed by atoms with Crippen molar-refractivity contribution in [2.45, 2.75) is 6.42 Å². The molecule has 0 spiro atoms. The number of nitrogens with zero attached hydrogens (tertiary/aromatic N) is 2. The van der Waals surface area contributed by atoms with Crippen molar-refractivity contribution in [2.75, 3.05) is 0 Å². The Bertz CT molecular complexity index is 1230. The molecular weight excluding hydrogens is 354 g/mol. The Labute approximate surface area is 160 Å². The summed E-state index contributed by atoms with van der Waals surface area (Å²) in [5.41, 5.74) is 8.78. The molecule has 0 saturated heterocycles. The van der Waals surface area contributed by atoms with Crippen molar-refractivity contribution in [2.24, 2.45) is 5.73 Å². The summed E-state index contributed by atoms with van der Waals surface area (Å²) in [6, 6.07) is 16.0. The molecule has 2 aromatic heterocycles. The fourth-order valence-corrected chi connectivity index (χ4v) is 3.24. The van der Waals surface area contributed by atoms with Gasteiger partial charge < -0.3 is 15.4 Å². The van der Waals surface area contributed by atoms with Gasteiger partial charge in [-0.3, -0.25) is 14.6 Å². The summed E-state index contributed by atoms with van der Waals surface area (Å²) in [5.74, 6) is -0.425. The van der Waals surface area contributed by atoms with Crippen LogP contribution in [0.15, 0.2) is 78.0 Å². The van der Waals surface area contributed by atoms with Crippen LogP contribution in [-0.4, -0.2) is 20.6 Å². The van der Waals surface area contributed by atoms with Crippen molar-refractivity contribution in [3.63, 3.8) is 0 Å². The molecule has 0 bridgehead atoms. The van der Waals surface area contributed by atoms with E-state index in [4.69, 9.17) is 5.73 Å². The van der Waals surface area contributed by atoms with Gasteiger partial charge in [0.25, 0.3) is 0 Å². The Morgan fingerprint density at radius 3 is 2.39 bits per heavy atom. The summed E-state index contributed by atoms with van der Waals surface area (Å²) in [6.07, 6.45) is 4.92. The topological polar surface area (TPSA) is 98.2 Å². The highest BCUT2D eigenvalue weighted by atomic mass is 16.3. The van der Waals surface area contributed by atoms with Crippen LogP contribution in [0.4, 0.5) is 0 Å². The third kappa shape index (κ3) is 3.23. The maximum atomic E-state index is 12.9. The number of carbonyl (C=O) groups is 1. The van der Waals surface area contributed by atoms with Gasteiger partial charge in [-0.05, 0) is 59.7 Å². The molecule has 0 radical (unpaired) electrons. The fourth-order valence-electron chi connectivity index (χ4n) is 3.24. The second kappa shape index (κ2) is 7.00. The predicted molar refractivity (Wildman–Crippen MR) is 107 cm³/mol. The molecule has 1 amide bonds. The number of hydrogen-bond donors (Lipinski definition) is 2. The van der Waals surface area contributed by atoms with Gasteiger partial charge in [0.15, 0.2) is 5.43 Å². The summed E-state index contributed by atoms with van der Waals surface area (Å²) in [5, 5.41) is 10.1. The molecule has 4 rings (SSSR count). The number of aromatic hydroxyl groups is 1. The summed E-state index contributed by atoms with van der Waals surface area (Å²) >= 11 is 0. The minimum atomic E-state index is -0.567. The van der Waals surface area contributed by atoms with E-state index in [0.717, 1.165) is 16.8 Å². The standard InChI is InChI=1S/C22H17N3O3/c23-21(27)12-16-13-25(17-2-4-18(26)5-3-17)20-11-15(1-6-19(20)22(16)28)14-7-9-24-10-8-14/h1-11,13,26H,12H2,(H2,23,27). The van der Waals surface area contributed by atoms with Gasteiger partial charge in [0.1, 0.15) is 5.75 Å². The number of rotatable bonds is 4. The maximum Gasteiger partial charge on any atom is 0.222 e. The van der Waals surface area contributed by atoms with Gasteiger partial charge in [0, 0.05) is 35.2 Å². The third-order valence-corrected chi connectivity index (χ3v) is 4.58. The largest absolute Gasteiger partial charge is 0.508 e. The summed E-state index contributed by atoms with van der Waals surface area (Å²) < 4.78 is 1.83. The molecule has 0 aliphatic rings. The monoisotopic (exact) mass is 371 g/mol. The van der Waals surface area contributed by atoms with Gasteiger partial charge >= 0.3 is 0 Å². The van der Waals surface area contributed by atoms with Gasteiger partial charge in [-0.1, -0.05) is 6.07 Å². The molecule has 4 aromatic rings. The summed E-state index contributed by atoms with van der Waals surface area (Å²) in [7, 11) is 0. The van der Waals surface area contributed by atoms with E-state index in [9.17, 15) is 14.7 Å². The van der Waals surface area contributed by atoms with Crippen LogP contribution >= 0.6 is 0 Å². The normalized spacial score (nSPS) is 10.9. The summed E-state index contributed by atoms with van der Waals surface area (Å²) in [6.45, 7) is 0. The van der Waals surface area contributed by atoms with Crippen molar-refractivity contribution in [3.05, 3.63) is 89.0 Å². The average Bonchev–Trinajstić information content (AvgIpc) is 2.71. The number of aromatic nitrogens is 2. The van der Waals surface area contributed by atoms with E-state index in [1.807, 2.05) is 28.8 Å². The number of phenolic OH excluding ortho intramolecular Hbond substituents is 1. The number of hydrogen-bond acceptors (Lipinski definition) is 4. The SMILES string of the molecule is NC(=O)Cc1cn(-c2ccc(O)cc2)c2cc(-c3ccncc3)ccc2c1=O. The quantitative estimate of drug-likeness (QED) is 0.576. The van der Waals surface area contributed by atoms with E-state index < -0.39 is 5.91 Å². The van der Waals surface area contributed by atoms with Crippen LogP contribution in [0.1, 0.15) is 5.56 Å². The number of amides is 1. The van der Waals surface area contributed by atoms with Crippen LogP contribution in [0.2, 0.25) is 0 Å². The second-order valence-corrected chi connectivity index (χ2v) is 6.48. The zero-order valence-corrected chi connectivity index (χ0v) is 14.9. The highest BCUT2D eigenvalue weighted by Crippen LogP contribution is 2.26. The molecule has 2 aromatic carbocycles. The third-order valence-electron chi connectivity index (χ3n) is 4.58. The van der Waals surface area contributed by atoms with Gasteiger partial charge in [-0.2, -0.15) is 0 Å². The average molecular weight is 371 g/mol. The van der Waals surface area contributed by atoms with Gasteiger partial charge in [0.2, 0.25) is 5.91 Å². The van der Waals surface area contributed by atoms with E-state index in [1.165, 1.54) is 0 Å². The van der Waals surface area contributed by atoms with Crippen molar-refractivity contribution >= 4 is 16.8 Å². The van der Waals surface area contributed by atoms with Crippen LogP contribution in [0.3, 0.4) is 0 Å². The Morgan fingerprint density at radius 1 is 1.00 bits per heavy atom. The Kier molecular flexibility index (Phi) is 4.37. The van der Waals surface area contributed by atoms with E-state index in [2.05, 4.69) is 4.98 Å². The zero-order valence-electron chi connectivity index (χ0n) is 14.9. The lowest BCUT2D eigenvalue weighted by Crippen LogP contribution is -2.21. The first-order chi connectivity index (χ1) is 13.5. The molecule has 0 atom stereocenters. The lowest BCUT2D eigenvalue weighted by Gasteiger charge is -2.15. The van der Waals surface area contributed by atoms with Crippen LogP contribution in [0.5, 0.6) is 5.75 Å². The number of fused-ring (bicyclic) bond motifs is 1. The smallest absolute Gasteiger partial charge is 0.222 e. The maximum absolute atomic E-state index is 12.9. The van der Waals surface area contributed by atoms with Crippen molar-refractivity contribution < 1.29 is 9.90 Å². The van der Waals surface area contributed by atoms with E-state index in [-0.39, 0.29) is 17.6 Å². The van der Waals surface area contributed by atoms with Crippen molar-refractivity contribution in [1.82, 2.24) is 9.55 Å². The first kappa shape index (κ1) is 17.5. The number of primary amides is 1. The molecule has 0 aliphatic carbocycles. The number of nitrogens with two attached hydrogens (primary N) is 1. The molecule has 0 aliphatic heterocycles. The minimum absolute atomic E-state index is 0.140. The van der Waals surface area contributed by atoms with Crippen molar-refractivity contribution in [1.29, 1.82) is 0 Å². The minimum Gasteiger partial charge on any atom is -0.508 e. The van der Waals surface area contributed by atoms with Crippen LogP contribution in [0.25, 0.3) is 27.7 Å². The highest BCUT2D eigenvalue weighted by Gasteiger charge is 2.13. The molecule has 0 fully saturated rings. The number of pyridine rings is 2. The van der Waals surface area contributed by atoms with Gasteiger partial charge in [-0.15, -0.1) is 0 Å². The fraction of sp³-hybridized carbons (Fsp3) is 0.0455. The zero-order chi connectivity index (χ0) is 19.7. The molecule has 138 valence electrons. The van der Waals surface area contributed by atoms with Crippen LogP contribution in [-0.2, 0) is 11.2 Å². The van der Waals surface area contributed by atoms with E-state index >= 15 is 0 Å². The molecular formula is C22H17N3O3. The van der Waals surface area contributed by atoms with Crippen molar-refractivity contribution in [3.8, 4) is 22.6 Å². The summed E-state index contributed by atoms with van der Waals surface area (Å²) in [4.78, 5) is 28.3. The van der Waals surface area contributed by atoms with Gasteiger partial charge in [-0.25, -0.2) is 0 Å². The Hall–Kier alpha value is -3.93. The van der Waals surface area contributed by atoms with E-state index in [1.54, 1.807) is 48.9 Å². The first-order valence-electron chi connectivity index (χ1n) is 8.69. The molecule has 3 N–H and O–H groups in total. The predicted octanol–water partition coefficient (Wildman–Crippen LogP) is 2.79. The molecule has 6 nitrogen and oxygen atoms in total. The molecule has 2 heterocycles. The lowest BCUT2D eigenvalue weighted by atomic mass is 10.0. The number of phenols is 1. The lowest BCUT2D eigenvalue weighted by molar-refractivity contribution is -0.117. The molecule has 6 heteroatoms. The Balaban J connectivity index is 2.02. The first-order valence-corrected chi connectivity index (χ1v) is 8.69. The Morgan fingerprint density at radius 2 is 1.71 bits per heavy atom. The van der Waals surface area contributed by atoms with Crippen LogP contribution in [0, 0.1) is 0 Å². The van der Waals surface area contributed by atoms with Crippen LogP contribution < -0.4 is 11.2 Å². The number of benzene rings is 2. The highest BCUT2D eigenvalue weighted by molar-refractivity contribution is 5.87. The van der Waals surface area contributed by atoms with E-state index in [0.29, 0.717) is 16.5 Å². The molecule has 0 unspecified atom stereocenters. The molecule has 28 heavy (non-hydrogen) atoms. The number of carbonyl (C=O) groups excluding carboxylic acids is 1. The second-order valence-electron chi connectivity index (χ2n) is 6.48.